The van der Waals surface area contributed by atoms with E-state index in [1.807, 2.05) is 6.92 Å². The van der Waals surface area contributed by atoms with Crippen LogP contribution in [0, 0.1) is 6.92 Å². The molecule has 1 aromatic heterocycles. The number of aryl methyl sites for hydroxylation is 1. The van der Waals surface area contributed by atoms with Gasteiger partial charge in [-0.3, -0.25) is 4.79 Å². The van der Waals surface area contributed by atoms with E-state index in [0.29, 0.717) is 11.0 Å². The molecule has 2 fully saturated rings. The second-order valence-electron chi connectivity index (χ2n) is 5.58. The molecule has 1 atom stereocenters. The average molecular weight is 279 g/mol. The van der Waals surface area contributed by atoms with Crippen molar-refractivity contribution in [1.82, 2.24) is 14.8 Å². The van der Waals surface area contributed by atoms with Crippen LogP contribution in [0.1, 0.15) is 40.4 Å². The van der Waals surface area contributed by atoms with Crippen molar-refractivity contribution in [1.29, 1.82) is 0 Å². The Hall–Kier alpha value is -0.940. The van der Waals surface area contributed by atoms with Gasteiger partial charge in [0.05, 0.1) is 0 Å². The first-order valence-corrected chi connectivity index (χ1v) is 8.01. The van der Waals surface area contributed by atoms with Crippen molar-refractivity contribution in [2.45, 2.75) is 38.6 Å². The molecule has 4 nitrogen and oxygen atoms in total. The quantitative estimate of drug-likeness (QED) is 0.850. The number of thiazole rings is 1. The average Bonchev–Trinajstić information content (AvgIpc) is 3.10. The van der Waals surface area contributed by atoms with Crippen molar-refractivity contribution in [3.8, 4) is 0 Å². The molecule has 3 rings (SSSR count). The van der Waals surface area contributed by atoms with Crippen LogP contribution < -0.4 is 0 Å². The minimum absolute atomic E-state index is 0.139. The highest BCUT2D eigenvalue weighted by Crippen LogP contribution is 2.24. The second kappa shape index (κ2) is 5.59. The highest BCUT2D eigenvalue weighted by molar-refractivity contribution is 7.13. The van der Waals surface area contributed by atoms with E-state index in [1.165, 1.54) is 37.3 Å². The number of hydrogen-bond acceptors (Lipinski definition) is 4. The number of hydrogen-bond donors (Lipinski definition) is 0. The van der Waals surface area contributed by atoms with E-state index in [-0.39, 0.29) is 5.91 Å². The summed E-state index contributed by atoms with van der Waals surface area (Å²) < 4.78 is 0. The van der Waals surface area contributed by atoms with Crippen molar-refractivity contribution in [3.63, 3.8) is 0 Å². The van der Waals surface area contributed by atoms with Crippen LogP contribution in [0.4, 0.5) is 0 Å². The molecule has 0 unspecified atom stereocenters. The molecule has 0 aromatic carbocycles. The fraction of sp³-hybridized carbons (Fsp3) is 0.714. The summed E-state index contributed by atoms with van der Waals surface area (Å²) in [5.74, 6) is 0.139. The van der Waals surface area contributed by atoms with Crippen molar-refractivity contribution >= 4 is 17.2 Å². The molecule has 0 spiro atoms. The van der Waals surface area contributed by atoms with Crippen molar-refractivity contribution in [2.24, 2.45) is 0 Å². The minimum atomic E-state index is 0.139. The number of carbonyl (C=O) groups is 1. The van der Waals surface area contributed by atoms with E-state index in [4.69, 9.17) is 0 Å². The molecule has 1 amide bonds. The van der Waals surface area contributed by atoms with Gasteiger partial charge in [-0.15, -0.1) is 11.3 Å². The number of aromatic nitrogens is 1. The monoisotopic (exact) mass is 279 g/mol. The van der Waals surface area contributed by atoms with Gasteiger partial charge < -0.3 is 9.80 Å². The number of likely N-dealkylation sites (tertiary alicyclic amines) is 2. The van der Waals surface area contributed by atoms with Crippen molar-refractivity contribution in [2.75, 3.05) is 26.2 Å². The van der Waals surface area contributed by atoms with Gasteiger partial charge in [0.15, 0.2) is 5.01 Å². The second-order valence-corrected chi connectivity index (χ2v) is 6.81. The highest BCUT2D eigenvalue weighted by atomic mass is 32.1. The van der Waals surface area contributed by atoms with Crippen LogP contribution in [0.2, 0.25) is 0 Å². The maximum absolute atomic E-state index is 12.5. The van der Waals surface area contributed by atoms with Crippen molar-refractivity contribution < 1.29 is 4.79 Å². The third-order valence-electron chi connectivity index (χ3n) is 4.11. The third kappa shape index (κ3) is 2.82. The minimum Gasteiger partial charge on any atom is -0.332 e. The van der Waals surface area contributed by atoms with Gasteiger partial charge in [0.2, 0.25) is 0 Å². The number of carbonyl (C=O) groups excluding carboxylic acids is 1. The van der Waals surface area contributed by atoms with E-state index < -0.39 is 0 Å². The summed E-state index contributed by atoms with van der Waals surface area (Å²) in [6.07, 6.45) is 6.70. The van der Waals surface area contributed by atoms with Crippen LogP contribution in [0.15, 0.2) is 6.20 Å². The Kier molecular flexibility index (Phi) is 3.84. The van der Waals surface area contributed by atoms with Crippen molar-refractivity contribution in [3.05, 3.63) is 16.1 Å². The van der Waals surface area contributed by atoms with E-state index in [9.17, 15) is 4.79 Å². The zero-order valence-corrected chi connectivity index (χ0v) is 12.3. The fourth-order valence-electron chi connectivity index (χ4n) is 3.13. The van der Waals surface area contributed by atoms with Crippen LogP contribution in [0.5, 0.6) is 0 Å². The molecule has 3 heterocycles. The Morgan fingerprint density at radius 1 is 1.37 bits per heavy atom. The maximum Gasteiger partial charge on any atom is 0.283 e. The van der Waals surface area contributed by atoms with E-state index >= 15 is 0 Å². The summed E-state index contributed by atoms with van der Waals surface area (Å²) in [4.78, 5) is 22.4. The SMILES string of the molecule is Cc1cnc(C(=O)N2CCC[C@@H]2CN2CCCC2)s1. The lowest BCUT2D eigenvalue weighted by Crippen LogP contribution is -2.42. The molecule has 0 aliphatic carbocycles. The van der Waals surface area contributed by atoms with Crippen LogP contribution in [-0.2, 0) is 0 Å². The molecule has 2 aliphatic heterocycles. The van der Waals surface area contributed by atoms with Crippen LogP contribution in [0.25, 0.3) is 0 Å². The van der Waals surface area contributed by atoms with Crippen LogP contribution in [-0.4, -0.2) is 52.9 Å². The Morgan fingerprint density at radius 2 is 2.16 bits per heavy atom. The van der Waals surface area contributed by atoms with Gasteiger partial charge in [-0.05, 0) is 45.7 Å². The molecular weight excluding hydrogens is 258 g/mol. The summed E-state index contributed by atoms with van der Waals surface area (Å²) in [5.41, 5.74) is 0. The number of amides is 1. The Bertz CT molecular complexity index is 453. The lowest BCUT2D eigenvalue weighted by atomic mass is 10.2. The van der Waals surface area contributed by atoms with Gasteiger partial charge in [0, 0.05) is 30.2 Å². The van der Waals surface area contributed by atoms with Gasteiger partial charge in [0.25, 0.3) is 5.91 Å². The van der Waals surface area contributed by atoms with Gasteiger partial charge >= 0.3 is 0 Å². The molecule has 5 heteroatoms. The zero-order valence-electron chi connectivity index (χ0n) is 11.5. The summed E-state index contributed by atoms with van der Waals surface area (Å²) in [5, 5.41) is 0.658. The molecular formula is C14H21N3OS. The van der Waals surface area contributed by atoms with Gasteiger partial charge in [-0.25, -0.2) is 4.98 Å². The summed E-state index contributed by atoms with van der Waals surface area (Å²) in [7, 11) is 0. The van der Waals surface area contributed by atoms with E-state index in [1.54, 1.807) is 6.20 Å². The Balaban J connectivity index is 1.66. The molecule has 1 aromatic rings. The van der Waals surface area contributed by atoms with Crippen LogP contribution in [0.3, 0.4) is 0 Å². The molecule has 19 heavy (non-hydrogen) atoms. The molecule has 2 saturated heterocycles. The maximum atomic E-state index is 12.5. The molecule has 0 bridgehead atoms. The third-order valence-corrected chi connectivity index (χ3v) is 5.01. The normalized spacial score (nSPS) is 24.3. The van der Waals surface area contributed by atoms with Gasteiger partial charge in [-0.1, -0.05) is 0 Å². The summed E-state index contributed by atoms with van der Waals surface area (Å²) >= 11 is 1.51. The standard InChI is InChI=1S/C14H21N3OS/c1-11-9-15-13(19-11)14(18)17-8-4-5-12(17)10-16-6-2-3-7-16/h9,12H,2-8,10H2,1H3/t12-/m1/s1. The fourth-order valence-corrected chi connectivity index (χ4v) is 3.85. The summed E-state index contributed by atoms with van der Waals surface area (Å²) in [6, 6.07) is 0.398. The largest absolute Gasteiger partial charge is 0.332 e. The molecule has 2 aliphatic rings. The lowest BCUT2D eigenvalue weighted by molar-refractivity contribution is 0.0708. The van der Waals surface area contributed by atoms with Gasteiger partial charge in [0.1, 0.15) is 0 Å². The molecule has 0 N–H and O–H groups in total. The van der Waals surface area contributed by atoms with Gasteiger partial charge in [-0.2, -0.15) is 0 Å². The Labute approximate surface area is 118 Å². The van der Waals surface area contributed by atoms with E-state index in [2.05, 4.69) is 14.8 Å². The zero-order chi connectivity index (χ0) is 13.2. The predicted molar refractivity (Wildman–Crippen MR) is 76.6 cm³/mol. The lowest BCUT2D eigenvalue weighted by Gasteiger charge is -2.27. The predicted octanol–water partition coefficient (Wildman–Crippen LogP) is 2.15. The summed E-state index contributed by atoms with van der Waals surface area (Å²) in [6.45, 7) is 6.36. The van der Waals surface area contributed by atoms with Crippen LogP contribution >= 0.6 is 11.3 Å². The Morgan fingerprint density at radius 3 is 2.84 bits per heavy atom. The first-order chi connectivity index (χ1) is 9.24. The molecule has 104 valence electrons. The first-order valence-electron chi connectivity index (χ1n) is 7.20. The smallest absolute Gasteiger partial charge is 0.283 e. The first kappa shape index (κ1) is 13.1. The molecule has 0 radical (unpaired) electrons. The van der Waals surface area contributed by atoms with E-state index in [0.717, 1.165) is 30.8 Å². The number of rotatable bonds is 3. The topological polar surface area (TPSA) is 36.4 Å². The molecule has 0 saturated carbocycles. The highest BCUT2D eigenvalue weighted by Gasteiger charge is 2.32. The number of nitrogens with zero attached hydrogens (tertiary/aromatic N) is 3.